The molecule has 2 heterocycles. The zero-order chi connectivity index (χ0) is 23.4. The number of amides is 1. The lowest BCUT2D eigenvalue weighted by molar-refractivity contribution is -0.0852. The van der Waals surface area contributed by atoms with Crippen LogP contribution < -0.4 is 11.1 Å². The maximum absolute atomic E-state index is 12.0. The van der Waals surface area contributed by atoms with E-state index in [2.05, 4.69) is 15.3 Å². The monoisotopic (exact) mass is 470 g/mol. The maximum atomic E-state index is 12.0. The summed E-state index contributed by atoms with van der Waals surface area (Å²) in [6, 6.07) is 6.47. The predicted molar refractivity (Wildman–Crippen MR) is 126 cm³/mol. The Balaban J connectivity index is 1.29. The lowest BCUT2D eigenvalue weighted by Gasteiger charge is -2.59. The van der Waals surface area contributed by atoms with Crippen molar-refractivity contribution in [2.24, 2.45) is 11.1 Å². The number of likely N-dealkylation sites (tertiary alicyclic amines) is 1. The molecule has 0 radical (unpaired) electrons. The van der Waals surface area contributed by atoms with Gasteiger partial charge < -0.3 is 16.5 Å². The highest BCUT2D eigenvalue weighted by atomic mass is 32.2. The third-order valence-corrected chi connectivity index (χ3v) is 8.63. The summed E-state index contributed by atoms with van der Waals surface area (Å²) in [5, 5.41) is 16.3. The maximum Gasteiger partial charge on any atom is 0.254 e. The van der Waals surface area contributed by atoms with Crippen LogP contribution in [0.15, 0.2) is 35.4 Å². The minimum Gasteiger partial charge on any atom is -0.365 e. The van der Waals surface area contributed by atoms with E-state index in [0.29, 0.717) is 28.7 Å². The van der Waals surface area contributed by atoms with E-state index in [0.717, 1.165) is 25.5 Å². The molecule has 1 spiro atoms. The number of aromatic nitrogens is 2. The normalized spacial score (nSPS) is 24.8. The number of anilines is 2. The molecule has 10 heteroatoms. The smallest absolute Gasteiger partial charge is 0.254 e. The Labute approximate surface area is 193 Å². The van der Waals surface area contributed by atoms with Gasteiger partial charge in [0.05, 0.1) is 10.9 Å². The lowest BCUT2D eigenvalue weighted by Crippen LogP contribution is -2.63. The van der Waals surface area contributed by atoms with Gasteiger partial charge in [-0.2, -0.15) is 5.10 Å². The number of nitrogens with one attached hydrogen (secondary N) is 2. The summed E-state index contributed by atoms with van der Waals surface area (Å²) in [6.07, 6.45) is 9.36. The van der Waals surface area contributed by atoms with Gasteiger partial charge in [0.25, 0.3) is 5.91 Å². The van der Waals surface area contributed by atoms with Gasteiger partial charge in [-0.15, -0.1) is 0 Å². The van der Waals surface area contributed by atoms with Crippen LogP contribution in [0.4, 0.5) is 11.5 Å². The summed E-state index contributed by atoms with van der Waals surface area (Å²) in [4.78, 5) is 14.8. The highest BCUT2D eigenvalue weighted by molar-refractivity contribution is 7.90. The Hall–Kier alpha value is -2.72. The number of nitrogens with two attached hydrogens (primary N) is 1. The second kappa shape index (κ2) is 7.95. The van der Waals surface area contributed by atoms with Crippen molar-refractivity contribution in [1.29, 1.82) is 5.41 Å². The fourth-order valence-electron chi connectivity index (χ4n) is 5.43. The minimum absolute atomic E-state index is 0.193. The first-order chi connectivity index (χ1) is 15.6. The van der Waals surface area contributed by atoms with Gasteiger partial charge in [0.1, 0.15) is 5.56 Å². The van der Waals surface area contributed by atoms with Crippen molar-refractivity contribution >= 4 is 33.0 Å². The van der Waals surface area contributed by atoms with Gasteiger partial charge in [-0.3, -0.25) is 14.4 Å². The number of nitrogens with zero attached hydrogens (tertiary/aromatic N) is 3. The van der Waals surface area contributed by atoms with Gasteiger partial charge in [0.15, 0.2) is 15.7 Å². The molecule has 2 atom stereocenters. The van der Waals surface area contributed by atoms with Crippen LogP contribution in [-0.2, 0) is 9.84 Å². The first-order valence-electron chi connectivity index (χ1n) is 11.4. The van der Waals surface area contributed by atoms with Crippen LogP contribution in [0.3, 0.4) is 0 Å². The average Bonchev–Trinajstić information content (AvgIpc) is 3.09. The zero-order valence-electron chi connectivity index (χ0n) is 18.8. The van der Waals surface area contributed by atoms with Gasteiger partial charge in [-0.1, -0.05) is 6.42 Å². The van der Waals surface area contributed by atoms with Crippen molar-refractivity contribution in [3.05, 3.63) is 36.0 Å². The van der Waals surface area contributed by atoms with Crippen LogP contribution in [0.5, 0.6) is 0 Å². The van der Waals surface area contributed by atoms with E-state index in [1.165, 1.54) is 44.5 Å². The van der Waals surface area contributed by atoms with E-state index >= 15 is 0 Å². The third-order valence-electron chi connectivity index (χ3n) is 7.50. The van der Waals surface area contributed by atoms with Gasteiger partial charge in [0.2, 0.25) is 0 Å². The fourth-order valence-corrected chi connectivity index (χ4v) is 6.06. The molecule has 1 amide bonds. The topological polar surface area (TPSA) is 134 Å². The van der Waals surface area contributed by atoms with Gasteiger partial charge in [-0.05, 0) is 55.4 Å². The number of carbonyl (C=O) groups excluding carboxylic acids is 1. The first kappa shape index (κ1) is 22.1. The van der Waals surface area contributed by atoms with E-state index in [1.807, 2.05) is 0 Å². The van der Waals surface area contributed by atoms with E-state index in [-0.39, 0.29) is 16.5 Å². The number of hydrogen-bond donors (Lipinski definition) is 3. The fraction of sp³-hybridized carbons (Fsp3) is 0.522. The summed E-state index contributed by atoms with van der Waals surface area (Å²) in [5.41, 5.74) is 7.63. The highest BCUT2D eigenvalue weighted by Gasteiger charge is 2.49. The van der Waals surface area contributed by atoms with Crippen LogP contribution in [0.2, 0.25) is 0 Å². The van der Waals surface area contributed by atoms with Crippen molar-refractivity contribution < 1.29 is 13.2 Å². The van der Waals surface area contributed by atoms with Crippen LogP contribution in [0.25, 0.3) is 0 Å². The zero-order valence-corrected chi connectivity index (χ0v) is 19.6. The number of primary amides is 1. The molecule has 3 fully saturated rings. The largest absolute Gasteiger partial charge is 0.365 e. The summed E-state index contributed by atoms with van der Waals surface area (Å²) in [5.74, 6) is -0.303. The number of rotatable bonds is 6. The molecule has 1 aromatic carbocycles. The van der Waals surface area contributed by atoms with Crippen LogP contribution in [-0.4, -0.2) is 60.1 Å². The number of benzene rings is 1. The molecule has 1 saturated heterocycles. The van der Waals surface area contributed by atoms with Gasteiger partial charge in [-0.25, -0.2) is 8.42 Å². The van der Waals surface area contributed by atoms with Crippen molar-refractivity contribution in [3.8, 4) is 0 Å². The molecular weight excluding hydrogens is 440 g/mol. The molecule has 176 valence electrons. The minimum atomic E-state index is -3.29. The van der Waals surface area contributed by atoms with Gasteiger partial charge >= 0.3 is 0 Å². The molecule has 2 aliphatic carbocycles. The highest BCUT2D eigenvalue weighted by Crippen LogP contribution is 2.50. The van der Waals surface area contributed by atoms with Crippen molar-refractivity contribution in [2.45, 2.75) is 55.5 Å². The predicted octanol–water partition coefficient (Wildman–Crippen LogP) is 2.73. The molecule has 2 saturated carbocycles. The molecule has 4 N–H and O–H groups in total. The second-order valence-electron chi connectivity index (χ2n) is 9.89. The lowest BCUT2D eigenvalue weighted by atomic mass is 9.63. The standard InChI is InChI=1S/C23H30N6O3S/c1-33(31,32)17-6-3-15(4-7-17)26-22-18(21(25)30)12-29(27-22)20-8-5-16(11-19(20)24)28-13-23(14-28)9-2-10-23/h3-4,6-7,12,16,20,24H,2,5,8-11,13-14H2,1H3,(H2,25,30)(H,26,27)/t16-,20-/m0/s1. The summed E-state index contributed by atoms with van der Waals surface area (Å²) >= 11 is 0. The van der Waals surface area contributed by atoms with Crippen LogP contribution in [0.1, 0.15) is 54.9 Å². The SMILES string of the molecule is CS(=O)(=O)c1ccc(Nc2nn([C@H]3CC[C@H](N4CC5(CCC5)C4)CC3=N)cc2C(N)=O)cc1. The third kappa shape index (κ3) is 4.17. The quantitative estimate of drug-likeness (QED) is 0.594. The molecule has 33 heavy (non-hydrogen) atoms. The average molecular weight is 471 g/mol. The Kier molecular flexibility index (Phi) is 5.32. The Morgan fingerprint density at radius 2 is 1.91 bits per heavy atom. The molecule has 5 rings (SSSR count). The van der Waals surface area contributed by atoms with E-state index < -0.39 is 15.7 Å². The van der Waals surface area contributed by atoms with Crippen molar-refractivity contribution in [3.63, 3.8) is 0 Å². The van der Waals surface area contributed by atoms with Gasteiger partial charge in [0, 0.05) is 49.4 Å². The number of carbonyl (C=O) groups is 1. The van der Waals surface area contributed by atoms with E-state index in [9.17, 15) is 13.2 Å². The number of hydrogen-bond acceptors (Lipinski definition) is 7. The van der Waals surface area contributed by atoms with E-state index in [4.69, 9.17) is 11.1 Å². The molecule has 0 unspecified atom stereocenters. The first-order valence-corrected chi connectivity index (χ1v) is 13.3. The van der Waals surface area contributed by atoms with Crippen LogP contribution in [0, 0.1) is 10.8 Å². The summed E-state index contributed by atoms with van der Waals surface area (Å²) in [6.45, 7) is 2.35. The summed E-state index contributed by atoms with van der Waals surface area (Å²) < 4.78 is 25.0. The van der Waals surface area contributed by atoms with Crippen molar-refractivity contribution in [1.82, 2.24) is 14.7 Å². The molecule has 1 aromatic heterocycles. The van der Waals surface area contributed by atoms with E-state index in [1.54, 1.807) is 23.0 Å². The van der Waals surface area contributed by atoms with Crippen LogP contribution >= 0.6 is 0 Å². The Morgan fingerprint density at radius 3 is 2.45 bits per heavy atom. The molecule has 9 nitrogen and oxygen atoms in total. The Bertz CT molecular complexity index is 1190. The molecule has 2 aromatic rings. The van der Waals surface area contributed by atoms with Crippen molar-refractivity contribution in [2.75, 3.05) is 24.7 Å². The molecule has 0 bridgehead atoms. The number of sulfone groups is 1. The summed E-state index contributed by atoms with van der Waals surface area (Å²) in [7, 11) is -3.29. The molecule has 1 aliphatic heterocycles. The Morgan fingerprint density at radius 1 is 1.21 bits per heavy atom. The second-order valence-corrected chi connectivity index (χ2v) is 11.9. The molecule has 3 aliphatic rings. The molecular formula is C23H30N6O3S.